The third-order valence-electron chi connectivity index (χ3n) is 2.62. The summed E-state index contributed by atoms with van der Waals surface area (Å²) < 4.78 is 0. The number of benzene rings is 1. The van der Waals surface area contributed by atoms with Crippen molar-refractivity contribution in [3.05, 3.63) is 29.8 Å². The van der Waals surface area contributed by atoms with Crippen LogP contribution in [0, 0.1) is 0 Å². The van der Waals surface area contributed by atoms with Crippen molar-refractivity contribution in [3.8, 4) is 5.75 Å². The van der Waals surface area contributed by atoms with E-state index in [9.17, 15) is 9.90 Å². The summed E-state index contributed by atoms with van der Waals surface area (Å²) in [7, 11) is 0. The molecule has 3 N–H and O–H groups in total. The van der Waals surface area contributed by atoms with E-state index < -0.39 is 0 Å². The normalized spacial score (nSPS) is 19.7. The topological polar surface area (TPSA) is 66.6 Å². The summed E-state index contributed by atoms with van der Waals surface area (Å²) >= 11 is 0. The fourth-order valence-corrected chi connectivity index (χ4v) is 1.80. The number of rotatable bonds is 2. The van der Waals surface area contributed by atoms with Crippen LogP contribution in [0.15, 0.2) is 24.3 Å². The Labute approximate surface area is 100 Å². The lowest BCUT2D eigenvalue weighted by atomic mass is 10.2. The van der Waals surface area contributed by atoms with E-state index in [1.807, 2.05) is 6.07 Å². The number of amides is 1. The zero-order valence-corrected chi connectivity index (χ0v) is 9.61. The molecule has 0 bridgehead atoms. The second kappa shape index (κ2) is 5.18. The molecule has 1 aromatic carbocycles. The molecular weight excluding hydrogens is 228 g/mol. The number of hydrogen-bond donors (Lipinski definition) is 2. The number of hydrogen-bond acceptors (Lipinski definition) is 3. The van der Waals surface area contributed by atoms with E-state index in [1.54, 1.807) is 23.1 Å². The minimum atomic E-state index is -0.345. The summed E-state index contributed by atoms with van der Waals surface area (Å²) in [6, 6.07) is 6.59. The molecule has 1 amide bonds. The predicted octanol–water partition coefficient (Wildman–Crippen LogP) is 0.874. The van der Waals surface area contributed by atoms with Gasteiger partial charge in [-0.2, -0.15) is 0 Å². The van der Waals surface area contributed by atoms with Gasteiger partial charge in [0.25, 0.3) is 0 Å². The fourth-order valence-electron chi connectivity index (χ4n) is 1.80. The molecule has 5 heteroatoms. The molecule has 88 valence electrons. The van der Waals surface area contributed by atoms with Crippen molar-refractivity contribution in [2.45, 2.75) is 19.0 Å². The van der Waals surface area contributed by atoms with Crippen LogP contribution in [0.2, 0.25) is 0 Å². The van der Waals surface area contributed by atoms with Crippen LogP contribution in [0.25, 0.3) is 0 Å². The first-order valence-electron chi connectivity index (χ1n) is 4.99. The van der Waals surface area contributed by atoms with Gasteiger partial charge in [0, 0.05) is 13.1 Å². The van der Waals surface area contributed by atoms with E-state index in [4.69, 9.17) is 5.73 Å². The Kier molecular flexibility index (Phi) is 4.15. The van der Waals surface area contributed by atoms with E-state index in [1.165, 1.54) is 0 Å². The summed E-state index contributed by atoms with van der Waals surface area (Å²) in [5, 5.41) is 9.28. The zero-order chi connectivity index (χ0) is 10.8. The highest BCUT2D eigenvalue weighted by atomic mass is 35.5. The van der Waals surface area contributed by atoms with Crippen molar-refractivity contribution in [3.63, 3.8) is 0 Å². The minimum absolute atomic E-state index is 0. The minimum Gasteiger partial charge on any atom is -0.508 e. The molecule has 0 aromatic heterocycles. The maximum atomic E-state index is 11.5. The highest BCUT2D eigenvalue weighted by molar-refractivity contribution is 5.85. The molecule has 1 atom stereocenters. The zero-order valence-electron chi connectivity index (χ0n) is 8.80. The van der Waals surface area contributed by atoms with Crippen LogP contribution in [-0.4, -0.2) is 28.5 Å². The summed E-state index contributed by atoms with van der Waals surface area (Å²) in [5.41, 5.74) is 6.54. The van der Waals surface area contributed by atoms with Gasteiger partial charge in [-0.15, -0.1) is 12.4 Å². The van der Waals surface area contributed by atoms with E-state index in [-0.39, 0.29) is 30.1 Å². The molecule has 1 unspecified atom stereocenters. The van der Waals surface area contributed by atoms with Gasteiger partial charge in [0.2, 0.25) is 5.91 Å². The number of nitrogens with zero attached hydrogens (tertiary/aromatic N) is 1. The maximum Gasteiger partial charge on any atom is 0.239 e. The van der Waals surface area contributed by atoms with Crippen molar-refractivity contribution in [2.75, 3.05) is 6.54 Å². The van der Waals surface area contributed by atoms with Crippen LogP contribution in [0.3, 0.4) is 0 Å². The van der Waals surface area contributed by atoms with Crippen molar-refractivity contribution in [1.82, 2.24) is 4.90 Å². The number of carbonyl (C=O) groups is 1. The van der Waals surface area contributed by atoms with Crippen LogP contribution in [0.1, 0.15) is 12.0 Å². The largest absolute Gasteiger partial charge is 0.508 e. The Balaban J connectivity index is 0.00000128. The lowest BCUT2D eigenvalue weighted by Gasteiger charge is -2.15. The van der Waals surface area contributed by atoms with Crippen LogP contribution >= 0.6 is 12.4 Å². The summed E-state index contributed by atoms with van der Waals surface area (Å²) in [6.45, 7) is 1.23. The van der Waals surface area contributed by atoms with Crippen molar-refractivity contribution in [1.29, 1.82) is 0 Å². The van der Waals surface area contributed by atoms with Gasteiger partial charge in [-0.25, -0.2) is 0 Å². The molecule has 1 heterocycles. The van der Waals surface area contributed by atoms with E-state index >= 15 is 0 Å². The van der Waals surface area contributed by atoms with Crippen LogP contribution in [-0.2, 0) is 11.3 Å². The monoisotopic (exact) mass is 242 g/mol. The van der Waals surface area contributed by atoms with Gasteiger partial charge in [0.1, 0.15) is 5.75 Å². The molecular formula is C11H15ClN2O2. The Hall–Kier alpha value is -1.26. The molecule has 0 aliphatic carbocycles. The summed E-state index contributed by atoms with van der Waals surface area (Å²) in [6.07, 6.45) is 0.720. The van der Waals surface area contributed by atoms with Crippen molar-refractivity contribution >= 4 is 18.3 Å². The first-order valence-corrected chi connectivity index (χ1v) is 4.99. The molecule has 1 aromatic rings. The van der Waals surface area contributed by atoms with Gasteiger partial charge in [0.05, 0.1) is 6.04 Å². The van der Waals surface area contributed by atoms with Crippen LogP contribution < -0.4 is 5.73 Å². The molecule has 0 saturated carbocycles. The molecule has 1 saturated heterocycles. The third kappa shape index (κ3) is 2.65. The highest BCUT2D eigenvalue weighted by Crippen LogP contribution is 2.16. The quantitative estimate of drug-likeness (QED) is 0.809. The number of halogens is 1. The second-order valence-corrected chi connectivity index (χ2v) is 3.82. The number of likely N-dealkylation sites (tertiary alicyclic amines) is 1. The lowest BCUT2D eigenvalue weighted by molar-refractivity contribution is -0.129. The van der Waals surface area contributed by atoms with Gasteiger partial charge in [-0.05, 0) is 24.1 Å². The Morgan fingerprint density at radius 2 is 2.25 bits per heavy atom. The van der Waals surface area contributed by atoms with Crippen LogP contribution in [0.5, 0.6) is 5.75 Å². The van der Waals surface area contributed by atoms with Crippen LogP contribution in [0.4, 0.5) is 0 Å². The SMILES string of the molecule is Cl.NC1CCN(Cc2cccc(O)c2)C1=O. The lowest BCUT2D eigenvalue weighted by Crippen LogP contribution is -2.33. The molecule has 1 aliphatic rings. The number of phenolic OH excluding ortho intramolecular Hbond substituents is 1. The average Bonchev–Trinajstić information content (AvgIpc) is 2.50. The number of aromatic hydroxyl groups is 1. The molecule has 2 rings (SSSR count). The Morgan fingerprint density at radius 3 is 2.81 bits per heavy atom. The fraction of sp³-hybridized carbons (Fsp3) is 0.364. The smallest absolute Gasteiger partial charge is 0.239 e. The summed E-state index contributed by atoms with van der Waals surface area (Å²) in [5.74, 6) is 0.224. The standard InChI is InChI=1S/C11H14N2O2.ClH/c12-10-4-5-13(11(10)15)7-8-2-1-3-9(14)6-8;/h1-3,6,10,14H,4-5,7,12H2;1H. The predicted molar refractivity (Wildman–Crippen MR) is 63.4 cm³/mol. The van der Waals surface area contributed by atoms with E-state index in [0.29, 0.717) is 13.1 Å². The van der Waals surface area contributed by atoms with E-state index in [2.05, 4.69) is 0 Å². The molecule has 0 spiro atoms. The number of phenols is 1. The maximum absolute atomic E-state index is 11.5. The molecule has 16 heavy (non-hydrogen) atoms. The van der Waals surface area contributed by atoms with Gasteiger partial charge < -0.3 is 15.7 Å². The number of carbonyl (C=O) groups excluding carboxylic acids is 1. The van der Waals surface area contributed by atoms with Crippen molar-refractivity contribution in [2.24, 2.45) is 5.73 Å². The molecule has 4 nitrogen and oxygen atoms in total. The van der Waals surface area contributed by atoms with Gasteiger partial charge in [-0.1, -0.05) is 12.1 Å². The van der Waals surface area contributed by atoms with Gasteiger partial charge >= 0.3 is 0 Å². The third-order valence-corrected chi connectivity index (χ3v) is 2.62. The Morgan fingerprint density at radius 1 is 1.50 bits per heavy atom. The molecule has 0 radical (unpaired) electrons. The van der Waals surface area contributed by atoms with Crippen molar-refractivity contribution < 1.29 is 9.90 Å². The molecule has 1 aliphatic heterocycles. The van der Waals surface area contributed by atoms with E-state index in [0.717, 1.165) is 12.0 Å². The highest BCUT2D eigenvalue weighted by Gasteiger charge is 2.28. The average molecular weight is 243 g/mol. The summed E-state index contributed by atoms with van der Waals surface area (Å²) in [4.78, 5) is 13.3. The van der Waals surface area contributed by atoms with Gasteiger partial charge in [-0.3, -0.25) is 4.79 Å². The first-order chi connectivity index (χ1) is 7.16. The second-order valence-electron chi connectivity index (χ2n) is 3.82. The Bertz CT molecular complexity index is 384. The molecule has 1 fully saturated rings. The van der Waals surface area contributed by atoms with Gasteiger partial charge in [0.15, 0.2) is 0 Å². The first kappa shape index (κ1) is 12.8. The number of nitrogens with two attached hydrogens (primary N) is 1.